The standard InChI is InChI=1S/C17H21N3O2/c1-3-22-17(21)14-10-18-20-11-12(2)9-15(19-16(14)20)13-7-5-4-6-8-13/h4-8,10,12,15,19H,3,9,11H2,1-2H3. The van der Waals surface area contributed by atoms with E-state index < -0.39 is 0 Å². The Labute approximate surface area is 130 Å². The van der Waals surface area contributed by atoms with Gasteiger partial charge in [0.2, 0.25) is 0 Å². The number of nitrogens with one attached hydrogen (secondary N) is 1. The van der Waals surface area contributed by atoms with E-state index >= 15 is 0 Å². The molecule has 1 aliphatic rings. The van der Waals surface area contributed by atoms with Gasteiger partial charge in [-0.2, -0.15) is 5.10 Å². The molecule has 5 nitrogen and oxygen atoms in total. The lowest BCUT2D eigenvalue weighted by molar-refractivity contribution is 0.0527. The fourth-order valence-corrected chi connectivity index (χ4v) is 2.94. The third-order valence-corrected chi connectivity index (χ3v) is 3.97. The van der Waals surface area contributed by atoms with E-state index in [0.717, 1.165) is 18.8 Å². The van der Waals surface area contributed by atoms with E-state index in [0.29, 0.717) is 18.1 Å². The second-order valence-electron chi connectivity index (χ2n) is 5.76. The third kappa shape index (κ3) is 2.84. The topological polar surface area (TPSA) is 56.1 Å². The number of rotatable bonds is 3. The van der Waals surface area contributed by atoms with Gasteiger partial charge >= 0.3 is 5.97 Å². The van der Waals surface area contributed by atoms with Gasteiger partial charge in [-0.15, -0.1) is 0 Å². The molecule has 1 aromatic carbocycles. The zero-order chi connectivity index (χ0) is 15.5. The molecule has 1 N–H and O–H groups in total. The van der Waals surface area contributed by atoms with E-state index in [-0.39, 0.29) is 12.0 Å². The van der Waals surface area contributed by atoms with Crippen LogP contribution in [0.2, 0.25) is 0 Å². The maximum Gasteiger partial charge on any atom is 0.343 e. The Morgan fingerprint density at radius 1 is 1.41 bits per heavy atom. The smallest absolute Gasteiger partial charge is 0.343 e. The van der Waals surface area contributed by atoms with Gasteiger partial charge in [0.15, 0.2) is 0 Å². The van der Waals surface area contributed by atoms with Crippen molar-refractivity contribution in [2.75, 3.05) is 11.9 Å². The van der Waals surface area contributed by atoms with Gasteiger partial charge in [0.1, 0.15) is 11.4 Å². The summed E-state index contributed by atoms with van der Waals surface area (Å²) in [6, 6.07) is 10.5. The van der Waals surface area contributed by atoms with Crippen molar-refractivity contribution < 1.29 is 9.53 Å². The van der Waals surface area contributed by atoms with Crippen molar-refractivity contribution in [1.29, 1.82) is 0 Å². The van der Waals surface area contributed by atoms with Crippen LogP contribution in [0, 0.1) is 5.92 Å². The number of carbonyl (C=O) groups is 1. The zero-order valence-electron chi connectivity index (χ0n) is 13.0. The van der Waals surface area contributed by atoms with E-state index in [1.807, 2.05) is 29.8 Å². The molecule has 0 fully saturated rings. The van der Waals surface area contributed by atoms with E-state index in [1.165, 1.54) is 5.56 Å². The molecule has 2 aromatic rings. The maximum atomic E-state index is 12.1. The molecule has 1 aromatic heterocycles. The van der Waals surface area contributed by atoms with E-state index in [4.69, 9.17) is 4.74 Å². The molecule has 0 spiro atoms. The number of aromatic nitrogens is 2. The summed E-state index contributed by atoms with van der Waals surface area (Å²) in [4.78, 5) is 12.1. The zero-order valence-corrected chi connectivity index (χ0v) is 13.0. The number of anilines is 1. The number of esters is 1. The van der Waals surface area contributed by atoms with E-state index in [9.17, 15) is 4.79 Å². The molecule has 2 atom stereocenters. The first kappa shape index (κ1) is 14.6. The largest absolute Gasteiger partial charge is 0.462 e. The first-order valence-corrected chi connectivity index (χ1v) is 7.73. The minimum atomic E-state index is -0.322. The number of hydrogen-bond acceptors (Lipinski definition) is 4. The van der Waals surface area contributed by atoms with Gasteiger partial charge in [-0.05, 0) is 24.8 Å². The van der Waals surface area contributed by atoms with Gasteiger partial charge in [-0.3, -0.25) is 0 Å². The first-order chi connectivity index (χ1) is 10.7. The van der Waals surface area contributed by atoms with Crippen LogP contribution in [0.1, 0.15) is 42.2 Å². The Balaban J connectivity index is 1.94. The predicted molar refractivity (Wildman–Crippen MR) is 84.8 cm³/mol. The van der Waals surface area contributed by atoms with Crippen LogP contribution in [0.4, 0.5) is 5.82 Å². The van der Waals surface area contributed by atoms with Crippen LogP contribution in [0.15, 0.2) is 36.5 Å². The van der Waals surface area contributed by atoms with Crippen LogP contribution in [0.25, 0.3) is 0 Å². The van der Waals surface area contributed by atoms with Gasteiger partial charge in [-0.25, -0.2) is 9.48 Å². The van der Waals surface area contributed by atoms with Crippen molar-refractivity contribution in [3.63, 3.8) is 0 Å². The molecule has 1 aliphatic heterocycles. The lowest BCUT2D eigenvalue weighted by Crippen LogP contribution is -2.14. The van der Waals surface area contributed by atoms with Gasteiger partial charge in [0.25, 0.3) is 0 Å². The van der Waals surface area contributed by atoms with Crippen molar-refractivity contribution in [2.45, 2.75) is 32.9 Å². The molecule has 0 saturated carbocycles. The SMILES string of the molecule is CCOC(=O)c1cnn2c1NC(c1ccccc1)CC(C)C2. The maximum absolute atomic E-state index is 12.1. The van der Waals surface area contributed by atoms with Crippen LogP contribution in [0.5, 0.6) is 0 Å². The summed E-state index contributed by atoms with van der Waals surface area (Å²) in [6.45, 7) is 5.17. The monoisotopic (exact) mass is 299 g/mol. The van der Waals surface area contributed by atoms with Crippen molar-refractivity contribution in [3.8, 4) is 0 Å². The average molecular weight is 299 g/mol. The highest BCUT2D eigenvalue weighted by Crippen LogP contribution is 2.32. The molecule has 0 saturated heterocycles. The highest BCUT2D eigenvalue weighted by Gasteiger charge is 2.27. The lowest BCUT2D eigenvalue weighted by atomic mass is 9.96. The molecule has 0 amide bonds. The molecule has 116 valence electrons. The molecule has 2 heterocycles. The van der Waals surface area contributed by atoms with Gasteiger partial charge < -0.3 is 10.1 Å². The van der Waals surface area contributed by atoms with Crippen LogP contribution in [-0.4, -0.2) is 22.4 Å². The number of hydrogen-bond donors (Lipinski definition) is 1. The highest BCUT2D eigenvalue weighted by atomic mass is 16.5. The molecule has 3 rings (SSSR count). The van der Waals surface area contributed by atoms with Crippen molar-refractivity contribution in [3.05, 3.63) is 47.7 Å². The Morgan fingerprint density at radius 2 is 2.18 bits per heavy atom. The minimum absolute atomic E-state index is 0.169. The number of fused-ring (bicyclic) bond motifs is 1. The molecule has 22 heavy (non-hydrogen) atoms. The molecular weight excluding hydrogens is 278 g/mol. The normalized spacial score (nSPS) is 20.6. The van der Waals surface area contributed by atoms with Crippen molar-refractivity contribution in [1.82, 2.24) is 9.78 Å². The van der Waals surface area contributed by atoms with E-state index in [2.05, 4.69) is 29.5 Å². The van der Waals surface area contributed by atoms with E-state index in [1.54, 1.807) is 6.20 Å². The van der Waals surface area contributed by atoms with Crippen LogP contribution >= 0.6 is 0 Å². The van der Waals surface area contributed by atoms with Crippen molar-refractivity contribution >= 4 is 11.8 Å². The number of carbonyl (C=O) groups excluding carboxylic acids is 1. The number of benzene rings is 1. The Morgan fingerprint density at radius 3 is 2.91 bits per heavy atom. The fraction of sp³-hybridized carbons (Fsp3) is 0.412. The lowest BCUT2D eigenvalue weighted by Gasteiger charge is -2.19. The second kappa shape index (κ2) is 6.22. The Kier molecular flexibility index (Phi) is 4.13. The summed E-state index contributed by atoms with van der Waals surface area (Å²) in [5.74, 6) is 0.906. The highest BCUT2D eigenvalue weighted by molar-refractivity contribution is 5.94. The molecule has 5 heteroatoms. The van der Waals surface area contributed by atoms with Gasteiger partial charge in [0, 0.05) is 6.54 Å². The Bertz CT molecular complexity index is 651. The van der Waals surface area contributed by atoms with Crippen LogP contribution < -0.4 is 5.32 Å². The summed E-state index contributed by atoms with van der Waals surface area (Å²) < 4.78 is 7.00. The third-order valence-electron chi connectivity index (χ3n) is 3.97. The van der Waals surface area contributed by atoms with Crippen LogP contribution in [0.3, 0.4) is 0 Å². The predicted octanol–water partition coefficient (Wildman–Crippen LogP) is 3.25. The summed E-state index contributed by atoms with van der Waals surface area (Å²) >= 11 is 0. The first-order valence-electron chi connectivity index (χ1n) is 7.73. The van der Waals surface area contributed by atoms with Gasteiger partial charge in [0.05, 0.1) is 18.8 Å². The average Bonchev–Trinajstić information content (AvgIpc) is 2.82. The quantitative estimate of drug-likeness (QED) is 0.884. The summed E-state index contributed by atoms with van der Waals surface area (Å²) in [6.07, 6.45) is 2.59. The fourth-order valence-electron chi connectivity index (χ4n) is 2.94. The van der Waals surface area contributed by atoms with Crippen molar-refractivity contribution in [2.24, 2.45) is 5.92 Å². The number of nitrogens with zero attached hydrogens (tertiary/aromatic N) is 2. The molecule has 0 bridgehead atoms. The second-order valence-corrected chi connectivity index (χ2v) is 5.76. The molecule has 0 aliphatic carbocycles. The number of ether oxygens (including phenoxy) is 1. The molecular formula is C17H21N3O2. The minimum Gasteiger partial charge on any atom is -0.462 e. The van der Waals surface area contributed by atoms with Crippen LogP contribution in [-0.2, 0) is 11.3 Å². The molecule has 0 radical (unpaired) electrons. The summed E-state index contributed by atoms with van der Waals surface area (Å²) in [5, 5.41) is 7.85. The Hall–Kier alpha value is -2.30. The summed E-state index contributed by atoms with van der Waals surface area (Å²) in [5.41, 5.74) is 1.73. The molecule has 2 unspecified atom stereocenters. The van der Waals surface area contributed by atoms with Gasteiger partial charge in [-0.1, -0.05) is 37.3 Å². The summed E-state index contributed by atoms with van der Waals surface area (Å²) in [7, 11) is 0.